The zero-order valence-corrected chi connectivity index (χ0v) is 16.9. The zero-order chi connectivity index (χ0) is 15.5. The van der Waals surface area contributed by atoms with Crippen LogP contribution in [-0.4, -0.2) is 29.9 Å². The van der Waals surface area contributed by atoms with E-state index in [0.717, 1.165) is 13.1 Å². The Morgan fingerprint density at radius 2 is 1.10 bits per heavy atom. The first kappa shape index (κ1) is 20.3. The highest BCUT2D eigenvalue weighted by molar-refractivity contribution is 6.90. The minimum absolute atomic E-state index is 1.15. The summed E-state index contributed by atoms with van der Waals surface area (Å²) < 4.78 is 4.17. The number of nitrogens with one attached hydrogen (secondary N) is 3. The lowest BCUT2D eigenvalue weighted by Crippen LogP contribution is -2.76. The SMILES string of the molecule is CCCCN[Si](C)(NCCCC)N[Si](CC)(CC)CC. The number of unbranched alkanes of at least 4 members (excludes halogenated alkanes) is 2. The van der Waals surface area contributed by atoms with Crippen LogP contribution >= 0.6 is 0 Å². The molecule has 20 heavy (non-hydrogen) atoms. The lowest BCUT2D eigenvalue weighted by Gasteiger charge is -2.40. The van der Waals surface area contributed by atoms with Gasteiger partial charge in [-0.05, 0) is 50.6 Å². The minimum Gasteiger partial charge on any atom is -0.335 e. The van der Waals surface area contributed by atoms with Gasteiger partial charge in [0.1, 0.15) is 8.24 Å². The molecule has 0 aromatic carbocycles. The van der Waals surface area contributed by atoms with Gasteiger partial charge in [-0.2, -0.15) is 0 Å². The van der Waals surface area contributed by atoms with Crippen molar-refractivity contribution in [2.45, 2.75) is 85.0 Å². The molecule has 0 aliphatic heterocycles. The van der Waals surface area contributed by atoms with E-state index in [2.05, 4.69) is 55.8 Å². The molecule has 3 N–H and O–H groups in total. The average molecular weight is 318 g/mol. The second kappa shape index (κ2) is 11.0. The van der Waals surface area contributed by atoms with Gasteiger partial charge in [0.15, 0.2) is 0 Å². The lowest BCUT2D eigenvalue weighted by molar-refractivity contribution is 0.696. The molecule has 0 aliphatic rings. The van der Waals surface area contributed by atoms with E-state index in [0.29, 0.717) is 0 Å². The van der Waals surface area contributed by atoms with Crippen LogP contribution in [0.3, 0.4) is 0 Å². The topological polar surface area (TPSA) is 36.1 Å². The van der Waals surface area contributed by atoms with Crippen LogP contribution in [0.5, 0.6) is 0 Å². The van der Waals surface area contributed by atoms with Crippen molar-refractivity contribution in [1.29, 1.82) is 0 Å². The maximum absolute atomic E-state index is 4.17. The highest BCUT2D eigenvalue weighted by Gasteiger charge is 2.37. The molecule has 0 radical (unpaired) electrons. The van der Waals surface area contributed by atoms with Crippen LogP contribution in [0.2, 0.25) is 24.7 Å². The Bertz CT molecular complexity index is 215. The summed E-state index contributed by atoms with van der Waals surface area (Å²) in [4.78, 5) is 7.73. The van der Waals surface area contributed by atoms with Crippen molar-refractivity contribution in [2.24, 2.45) is 0 Å². The normalized spacial score (nSPS) is 12.9. The summed E-state index contributed by atoms with van der Waals surface area (Å²) in [5, 5.41) is 0. The van der Waals surface area contributed by atoms with Crippen LogP contribution < -0.4 is 14.6 Å². The molecule has 0 aliphatic carbocycles. The predicted octanol–water partition coefficient (Wildman–Crippen LogP) is 3.93. The summed E-state index contributed by atoms with van der Waals surface area (Å²) in [6.45, 7) is 16.4. The van der Waals surface area contributed by atoms with E-state index in [1.807, 2.05) is 0 Å². The highest BCUT2D eigenvalue weighted by Crippen LogP contribution is 2.18. The summed E-state index contributed by atoms with van der Waals surface area (Å²) in [5.74, 6) is 0. The van der Waals surface area contributed by atoms with E-state index in [9.17, 15) is 0 Å². The third-order valence-electron chi connectivity index (χ3n) is 4.56. The van der Waals surface area contributed by atoms with Crippen molar-refractivity contribution in [3.05, 3.63) is 0 Å². The van der Waals surface area contributed by atoms with Gasteiger partial charge in [0.25, 0.3) is 8.56 Å². The van der Waals surface area contributed by atoms with Crippen LogP contribution in [0, 0.1) is 0 Å². The molecule has 0 saturated carbocycles. The third kappa shape index (κ3) is 7.36. The van der Waals surface area contributed by atoms with Crippen LogP contribution in [0.15, 0.2) is 0 Å². The summed E-state index contributed by atoms with van der Waals surface area (Å²) in [6, 6.07) is 4.02. The van der Waals surface area contributed by atoms with Gasteiger partial charge in [-0.3, -0.25) is 0 Å². The molecular formula is C15H39N3Si2. The van der Waals surface area contributed by atoms with Crippen LogP contribution in [0.4, 0.5) is 0 Å². The number of hydrogen-bond acceptors (Lipinski definition) is 3. The second-order valence-corrected chi connectivity index (χ2v) is 14.8. The van der Waals surface area contributed by atoms with Crippen LogP contribution in [0.1, 0.15) is 60.3 Å². The second-order valence-electron chi connectivity index (χ2n) is 6.15. The van der Waals surface area contributed by atoms with Crippen molar-refractivity contribution < 1.29 is 0 Å². The molecule has 5 heteroatoms. The average Bonchev–Trinajstić information content (AvgIpc) is 2.46. The van der Waals surface area contributed by atoms with Crippen molar-refractivity contribution in [2.75, 3.05) is 13.1 Å². The molecule has 0 heterocycles. The van der Waals surface area contributed by atoms with Crippen molar-refractivity contribution in [3.8, 4) is 0 Å². The first-order valence-corrected chi connectivity index (χ1v) is 13.9. The fourth-order valence-corrected chi connectivity index (χ4v) is 12.8. The van der Waals surface area contributed by atoms with Gasteiger partial charge in [0, 0.05) is 0 Å². The van der Waals surface area contributed by atoms with Gasteiger partial charge >= 0.3 is 0 Å². The molecule has 0 fully saturated rings. The van der Waals surface area contributed by atoms with E-state index in [1.54, 1.807) is 0 Å². The van der Waals surface area contributed by atoms with E-state index < -0.39 is 16.8 Å². The van der Waals surface area contributed by atoms with Gasteiger partial charge in [0.2, 0.25) is 0 Å². The van der Waals surface area contributed by atoms with Crippen molar-refractivity contribution >= 4 is 16.8 Å². The highest BCUT2D eigenvalue weighted by atomic mass is 28.4. The molecule has 0 rings (SSSR count). The summed E-state index contributed by atoms with van der Waals surface area (Å²) in [6.07, 6.45) is 5.09. The predicted molar refractivity (Wildman–Crippen MR) is 97.8 cm³/mol. The fourth-order valence-electron chi connectivity index (χ4n) is 2.73. The fraction of sp³-hybridized carbons (Fsp3) is 1.00. The molecule has 0 saturated heterocycles. The van der Waals surface area contributed by atoms with E-state index in [1.165, 1.54) is 43.8 Å². The van der Waals surface area contributed by atoms with Gasteiger partial charge in [-0.1, -0.05) is 47.5 Å². The first-order valence-electron chi connectivity index (χ1n) is 8.80. The van der Waals surface area contributed by atoms with Gasteiger partial charge < -0.3 is 14.6 Å². The Hall–Kier alpha value is 0.314. The molecule has 0 amide bonds. The Labute approximate surface area is 130 Å². The van der Waals surface area contributed by atoms with Crippen LogP contribution in [0.25, 0.3) is 0 Å². The van der Waals surface area contributed by atoms with E-state index in [-0.39, 0.29) is 0 Å². The quantitative estimate of drug-likeness (QED) is 0.356. The Morgan fingerprint density at radius 1 is 0.700 bits per heavy atom. The summed E-state index contributed by atoms with van der Waals surface area (Å²) in [7, 11) is -3.00. The van der Waals surface area contributed by atoms with Crippen molar-refractivity contribution in [1.82, 2.24) is 14.6 Å². The maximum atomic E-state index is 4.17. The number of rotatable bonds is 13. The largest absolute Gasteiger partial charge is 0.335 e. The third-order valence-corrected chi connectivity index (χ3v) is 14.7. The van der Waals surface area contributed by atoms with Crippen LogP contribution in [-0.2, 0) is 0 Å². The molecule has 0 atom stereocenters. The minimum atomic E-state index is -1.71. The monoisotopic (exact) mass is 317 g/mol. The van der Waals surface area contributed by atoms with E-state index >= 15 is 0 Å². The molecule has 0 aromatic rings. The van der Waals surface area contributed by atoms with Gasteiger partial charge in [0.05, 0.1) is 0 Å². The smallest absolute Gasteiger partial charge is 0.271 e. The molecule has 0 spiro atoms. The zero-order valence-electron chi connectivity index (χ0n) is 14.9. The Morgan fingerprint density at radius 3 is 1.40 bits per heavy atom. The van der Waals surface area contributed by atoms with Gasteiger partial charge in [-0.25, -0.2) is 0 Å². The maximum Gasteiger partial charge on any atom is 0.271 e. The molecular weight excluding hydrogens is 278 g/mol. The molecule has 0 aromatic heterocycles. The van der Waals surface area contributed by atoms with E-state index in [4.69, 9.17) is 0 Å². The molecule has 0 unspecified atom stereocenters. The summed E-state index contributed by atoms with van der Waals surface area (Å²) >= 11 is 0. The number of hydrogen-bond donors (Lipinski definition) is 3. The Balaban J connectivity index is 4.70. The Kier molecular flexibility index (Phi) is 11.1. The first-order chi connectivity index (χ1) is 9.51. The standard InChI is InChI=1S/C15H39N3Si2/c1-7-12-14-16-19(6,17-15-13-8-2)18-20(9-3,10-4)11-5/h16-18H,7-15H2,1-6H3. The van der Waals surface area contributed by atoms with Gasteiger partial charge in [-0.15, -0.1) is 0 Å². The summed E-state index contributed by atoms with van der Waals surface area (Å²) in [5.41, 5.74) is 0. The lowest BCUT2D eigenvalue weighted by atomic mass is 10.3. The molecule has 3 nitrogen and oxygen atoms in total. The van der Waals surface area contributed by atoms with Crippen molar-refractivity contribution in [3.63, 3.8) is 0 Å². The molecule has 0 bridgehead atoms. The molecule has 122 valence electrons.